The highest BCUT2D eigenvalue weighted by atomic mass is 16.5. The lowest BCUT2D eigenvalue weighted by molar-refractivity contribution is 0.273. The number of methoxy groups -OCH3 is 1. The third-order valence-corrected chi connectivity index (χ3v) is 3.83. The number of rotatable bonds is 7. The molecule has 0 aliphatic carbocycles. The molecule has 0 bridgehead atoms. The van der Waals surface area contributed by atoms with Crippen molar-refractivity contribution in [3.8, 4) is 5.75 Å². The van der Waals surface area contributed by atoms with Crippen molar-refractivity contribution in [1.29, 1.82) is 0 Å². The van der Waals surface area contributed by atoms with Crippen LogP contribution in [0.15, 0.2) is 30.5 Å². The molecule has 21 heavy (non-hydrogen) atoms. The van der Waals surface area contributed by atoms with Gasteiger partial charge in [-0.05, 0) is 57.4 Å². The summed E-state index contributed by atoms with van der Waals surface area (Å²) >= 11 is 0. The molecule has 0 radical (unpaired) electrons. The molecule has 1 N–H and O–H groups in total. The Labute approximate surface area is 127 Å². The highest BCUT2D eigenvalue weighted by Crippen LogP contribution is 2.25. The average molecular weight is 287 g/mol. The topological polar surface area (TPSA) is 37.4 Å². The number of anilines is 1. The fourth-order valence-corrected chi connectivity index (χ4v) is 2.21. The van der Waals surface area contributed by atoms with E-state index >= 15 is 0 Å². The molecule has 2 rings (SSSR count). The van der Waals surface area contributed by atoms with E-state index < -0.39 is 0 Å². The summed E-state index contributed by atoms with van der Waals surface area (Å²) in [4.78, 5) is 6.80. The van der Waals surface area contributed by atoms with E-state index in [4.69, 9.17) is 4.74 Å². The van der Waals surface area contributed by atoms with Crippen molar-refractivity contribution in [2.75, 3.05) is 32.6 Å². The van der Waals surface area contributed by atoms with Crippen molar-refractivity contribution in [2.45, 2.75) is 26.3 Å². The van der Waals surface area contributed by atoms with E-state index in [1.807, 2.05) is 24.4 Å². The molecule has 0 aliphatic rings. The molecule has 1 aromatic heterocycles. The lowest BCUT2D eigenvalue weighted by Crippen LogP contribution is -2.28. The minimum Gasteiger partial charge on any atom is -0.497 e. The quantitative estimate of drug-likeness (QED) is 0.792. The van der Waals surface area contributed by atoms with Crippen LogP contribution in [0.5, 0.6) is 5.75 Å². The van der Waals surface area contributed by atoms with Gasteiger partial charge in [0, 0.05) is 24.2 Å². The van der Waals surface area contributed by atoms with Gasteiger partial charge in [0.1, 0.15) is 11.6 Å². The standard InChI is InChI=1S/C17H25N3O/c1-13(2)20(3)11-5-9-18-17-16-12-15(21-4)7-6-14(16)8-10-19-17/h6-8,10,12-13H,5,9,11H2,1-4H3,(H,18,19). The summed E-state index contributed by atoms with van der Waals surface area (Å²) in [6, 6.07) is 8.68. The molecular formula is C17H25N3O. The molecule has 0 saturated heterocycles. The number of hydrogen-bond acceptors (Lipinski definition) is 4. The van der Waals surface area contributed by atoms with Gasteiger partial charge in [-0.1, -0.05) is 6.07 Å². The van der Waals surface area contributed by atoms with Crippen LogP contribution in [0, 0.1) is 0 Å². The zero-order chi connectivity index (χ0) is 15.2. The molecule has 0 aliphatic heterocycles. The predicted molar refractivity (Wildman–Crippen MR) is 89.2 cm³/mol. The monoisotopic (exact) mass is 287 g/mol. The van der Waals surface area contributed by atoms with E-state index in [-0.39, 0.29) is 0 Å². The van der Waals surface area contributed by atoms with Crippen molar-refractivity contribution in [3.05, 3.63) is 30.5 Å². The van der Waals surface area contributed by atoms with E-state index in [1.165, 1.54) is 5.39 Å². The normalized spacial score (nSPS) is 11.3. The van der Waals surface area contributed by atoms with Gasteiger partial charge in [-0.2, -0.15) is 0 Å². The van der Waals surface area contributed by atoms with Crippen molar-refractivity contribution >= 4 is 16.6 Å². The molecule has 4 heteroatoms. The average Bonchev–Trinajstić information content (AvgIpc) is 2.50. The second-order valence-corrected chi connectivity index (χ2v) is 5.60. The van der Waals surface area contributed by atoms with Crippen LogP contribution in [0.4, 0.5) is 5.82 Å². The first-order valence-electron chi connectivity index (χ1n) is 7.48. The highest BCUT2D eigenvalue weighted by molar-refractivity contribution is 5.92. The summed E-state index contributed by atoms with van der Waals surface area (Å²) in [6.07, 6.45) is 2.94. The molecule has 0 unspecified atom stereocenters. The van der Waals surface area contributed by atoms with Crippen LogP contribution in [0.3, 0.4) is 0 Å². The number of pyridine rings is 1. The van der Waals surface area contributed by atoms with Gasteiger partial charge in [-0.25, -0.2) is 4.98 Å². The number of nitrogens with zero attached hydrogens (tertiary/aromatic N) is 2. The van der Waals surface area contributed by atoms with E-state index in [1.54, 1.807) is 7.11 Å². The Kier molecular flexibility index (Phi) is 5.39. The van der Waals surface area contributed by atoms with E-state index in [9.17, 15) is 0 Å². The summed E-state index contributed by atoms with van der Waals surface area (Å²) in [5.41, 5.74) is 0. The van der Waals surface area contributed by atoms with E-state index in [0.29, 0.717) is 6.04 Å². The number of benzene rings is 1. The Bertz CT molecular complexity index is 583. The van der Waals surface area contributed by atoms with Crippen LogP contribution in [0.2, 0.25) is 0 Å². The number of aromatic nitrogens is 1. The van der Waals surface area contributed by atoms with Gasteiger partial charge >= 0.3 is 0 Å². The molecule has 1 heterocycles. The summed E-state index contributed by atoms with van der Waals surface area (Å²) in [5.74, 6) is 1.79. The molecule has 2 aromatic rings. The summed E-state index contributed by atoms with van der Waals surface area (Å²) < 4.78 is 5.30. The largest absolute Gasteiger partial charge is 0.497 e. The smallest absolute Gasteiger partial charge is 0.133 e. The van der Waals surface area contributed by atoms with E-state index in [0.717, 1.165) is 36.5 Å². The molecule has 114 valence electrons. The van der Waals surface area contributed by atoms with Crippen LogP contribution >= 0.6 is 0 Å². The van der Waals surface area contributed by atoms with Gasteiger partial charge in [-0.15, -0.1) is 0 Å². The van der Waals surface area contributed by atoms with Gasteiger partial charge < -0.3 is 15.0 Å². The SMILES string of the molecule is COc1ccc2ccnc(NCCCN(C)C(C)C)c2c1. The van der Waals surface area contributed by atoms with Crippen LogP contribution in [-0.2, 0) is 0 Å². The Morgan fingerprint density at radius 3 is 2.81 bits per heavy atom. The molecule has 4 nitrogen and oxygen atoms in total. The lowest BCUT2D eigenvalue weighted by atomic mass is 10.1. The van der Waals surface area contributed by atoms with Crippen LogP contribution in [0.1, 0.15) is 20.3 Å². The van der Waals surface area contributed by atoms with Gasteiger partial charge in [0.15, 0.2) is 0 Å². The van der Waals surface area contributed by atoms with Crippen molar-refractivity contribution < 1.29 is 4.74 Å². The molecule has 0 atom stereocenters. The minimum atomic E-state index is 0.588. The second kappa shape index (κ2) is 7.27. The zero-order valence-corrected chi connectivity index (χ0v) is 13.4. The minimum absolute atomic E-state index is 0.588. The molecule has 0 fully saturated rings. The fourth-order valence-electron chi connectivity index (χ4n) is 2.21. The van der Waals surface area contributed by atoms with Crippen LogP contribution in [0.25, 0.3) is 10.8 Å². The van der Waals surface area contributed by atoms with Gasteiger partial charge in [-0.3, -0.25) is 0 Å². The number of ether oxygens (including phenoxy) is 1. The third-order valence-electron chi connectivity index (χ3n) is 3.83. The Morgan fingerprint density at radius 2 is 2.10 bits per heavy atom. The molecule has 0 saturated carbocycles. The first-order valence-corrected chi connectivity index (χ1v) is 7.48. The van der Waals surface area contributed by atoms with Crippen LogP contribution < -0.4 is 10.1 Å². The molecule has 0 amide bonds. The third kappa shape index (κ3) is 4.08. The maximum Gasteiger partial charge on any atom is 0.133 e. The summed E-state index contributed by atoms with van der Waals surface area (Å²) in [6.45, 7) is 6.43. The number of nitrogens with one attached hydrogen (secondary N) is 1. The maximum absolute atomic E-state index is 5.30. The predicted octanol–water partition coefficient (Wildman–Crippen LogP) is 3.39. The van der Waals surface area contributed by atoms with Crippen molar-refractivity contribution in [3.63, 3.8) is 0 Å². The Morgan fingerprint density at radius 1 is 1.29 bits per heavy atom. The highest BCUT2D eigenvalue weighted by Gasteiger charge is 2.05. The zero-order valence-electron chi connectivity index (χ0n) is 13.4. The van der Waals surface area contributed by atoms with Gasteiger partial charge in [0.05, 0.1) is 7.11 Å². The van der Waals surface area contributed by atoms with Gasteiger partial charge in [0.2, 0.25) is 0 Å². The molecular weight excluding hydrogens is 262 g/mol. The first kappa shape index (κ1) is 15.6. The van der Waals surface area contributed by atoms with Crippen molar-refractivity contribution in [2.24, 2.45) is 0 Å². The van der Waals surface area contributed by atoms with Crippen molar-refractivity contribution in [1.82, 2.24) is 9.88 Å². The number of hydrogen-bond donors (Lipinski definition) is 1. The second-order valence-electron chi connectivity index (χ2n) is 5.60. The molecule has 1 aromatic carbocycles. The summed E-state index contributed by atoms with van der Waals surface area (Å²) in [5, 5.41) is 5.72. The Hall–Kier alpha value is -1.81. The van der Waals surface area contributed by atoms with Crippen LogP contribution in [-0.4, -0.2) is 43.2 Å². The molecule has 0 spiro atoms. The first-order chi connectivity index (χ1) is 10.1. The summed E-state index contributed by atoms with van der Waals surface area (Å²) in [7, 11) is 3.85. The fraction of sp³-hybridized carbons (Fsp3) is 0.471. The van der Waals surface area contributed by atoms with E-state index in [2.05, 4.69) is 42.2 Å². The lowest BCUT2D eigenvalue weighted by Gasteiger charge is -2.20. The van der Waals surface area contributed by atoms with Gasteiger partial charge in [0.25, 0.3) is 0 Å². The number of fused-ring (bicyclic) bond motifs is 1. The Balaban J connectivity index is 2.01. The maximum atomic E-state index is 5.30.